The lowest BCUT2D eigenvalue weighted by atomic mass is 10.1. The highest BCUT2D eigenvalue weighted by molar-refractivity contribution is 5.46. The number of para-hydroxylation sites is 1. The van der Waals surface area contributed by atoms with Crippen LogP contribution in [0.3, 0.4) is 0 Å². The molecule has 0 spiro atoms. The number of hydrogen-bond donors (Lipinski definition) is 1. The van der Waals surface area contributed by atoms with Crippen LogP contribution >= 0.6 is 0 Å². The molecule has 0 aliphatic carbocycles. The van der Waals surface area contributed by atoms with Crippen molar-refractivity contribution in [2.24, 2.45) is 0 Å². The van der Waals surface area contributed by atoms with E-state index in [1.165, 1.54) is 0 Å². The van der Waals surface area contributed by atoms with Crippen molar-refractivity contribution in [3.63, 3.8) is 0 Å². The Kier molecular flexibility index (Phi) is 4.71. The van der Waals surface area contributed by atoms with Gasteiger partial charge in [0.15, 0.2) is 0 Å². The molecule has 2 aromatic rings. The predicted molar refractivity (Wildman–Crippen MR) is 79.6 cm³/mol. The van der Waals surface area contributed by atoms with Gasteiger partial charge in [-0.25, -0.2) is 0 Å². The van der Waals surface area contributed by atoms with Crippen molar-refractivity contribution in [2.45, 2.75) is 6.42 Å². The largest absolute Gasteiger partial charge is 0.496 e. The van der Waals surface area contributed by atoms with E-state index in [0.29, 0.717) is 18.1 Å². The Morgan fingerprint density at radius 3 is 2.10 bits per heavy atom. The van der Waals surface area contributed by atoms with E-state index in [-0.39, 0.29) is 0 Å². The Hall–Kier alpha value is -2.36. The topological polar surface area (TPSA) is 53.7 Å². The van der Waals surface area contributed by atoms with Crippen LogP contribution < -0.4 is 19.9 Å². The molecular formula is C16H19NO3. The van der Waals surface area contributed by atoms with Gasteiger partial charge in [-0.05, 0) is 11.6 Å². The number of rotatable bonds is 6. The molecule has 0 saturated carbocycles. The molecule has 0 fully saturated rings. The second kappa shape index (κ2) is 6.70. The first-order valence-electron chi connectivity index (χ1n) is 6.42. The van der Waals surface area contributed by atoms with Crippen molar-refractivity contribution in [1.29, 1.82) is 0 Å². The zero-order valence-electron chi connectivity index (χ0n) is 11.8. The smallest absolute Gasteiger partial charge is 0.126 e. The molecule has 4 nitrogen and oxygen atoms in total. The van der Waals surface area contributed by atoms with Gasteiger partial charge in [-0.3, -0.25) is 0 Å². The maximum atomic E-state index is 5.90. The van der Waals surface area contributed by atoms with E-state index in [0.717, 1.165) is 23.4 Å². The highest BCUT2D eigenvalue weighted by Gasteiger charge is 2.04. The quantitative estimate of drug-likeness (QED) is 0.822. The van der Waals surface area contributed by atoms with Crippen molar-refractivity contribution < 1.29 is 14.2 Å². The van der Waals surface area contributed by atoms with Crippen LogP contribution in [0, 0.1) is 0 Å². The Morgan fingerprint density at radius 1 is 0.900 bits per heavy atom. The average molecular weight is 273 g/mol. The fourth-order valence-electron chi connectivity index (χ4n) is 1.91. The third kappa shape index (κ3) is 3.57. The zero-order valence-corrected chi connectivity index (χ0v) is 11.8. The van der Waals surface area contributed by atoms with Gasteiger partial charge in [-0.2, -0.15) is 0 Å². The van der Waals surface area contributed by atoms with Crippen LogP contribution in [0.15, 0.2) is 42.5 Å². The lowest BCUT2D eigenvalue weighted by Gasteiger charge is -2.11. The Morgan fingerprint density at radius 2 is 1.50 bits per heavy atom. The Balaban J connectivity index is 1.99. The number of ether oxygens (including phenoxy) is 3. The number of nitrogen functional groups attached to an aromatic ring is 1. The van der Waals surface area contributed by atoms with Gasteiger partial charge >= 0.3 is 0 Å². The standard InChI is InChI=1S/C16H19NO3/c1-18-13-9-14(19-2)11-15(10-13)20-8-7-12-5-3-4-6-16(12)17/h3-6,9-11H,7-8,17H2,1-2H3. The summed E-state index contributed by atoms with van der Waals surface area (Å²) in [5.41, 5.74) is 7.77. The predicted octanol–water partition coefficient (Wildman–Crippen LogP) is 2.91. The third-order valence-corrected chi connectivity index (χ3v) is 3.02. The van der Waals surface area contributed by atoms with E-state index in [4.69, 9.17) is 19.9 Å². The summed E-state index contributed by atoms with van der Waals surface area (Å²) in [4.78, 5) is 0. The van der Waals surface area contributed by atoms with Crippen molar-refractivity contribution in [2.75, 3.05) is 26.6 Å². The molecule has 0 heterocycles. The first-order chi connectivity index (χ1) is 9.72. The van der Waals surface area contributed by atoms with E-state index in [9.17, 15) is 0 Å². The monoisotopic (exact) mass is 273 g/mol. The first-order valence-corrected chi connectivity index (χ1v) is 6.42. The number of nitrogens with two attached hydrogens (primary N) is 1. The summed E-state index contributed by atoms with van der Waals surface area (Å²) < 4.78 is 16.1. The molecule has 106 valence electrons. The number of anilines is 1. The summed E-state index contributed by atoms with van der Waals surface area (Å²) in [6.07, 6.45) is 0.756. The minimum absolute atomic E-state index is 0.546. The van der Waals surface area contributed by atoms with Gasteiger partial charge in [0.2, 0.25) is 0 Å². The molecule has 2 N–H and O–H groups in total. The molecule has 0 radical (unpaired) electrons. The Labute approximate surface area is 119 Å². The maximum absolute atomic E-state index is 5.90. The van der Waals surface area contributed by atoms with Crippen LogP contribution in [0.2, 0.25) is 0 Å². The minimum Gasteiger partial charge on any atom is -0.496 e. The molecule has 4 heteroatoms. The molecule has 20 heavy (non-hydrogen) atoms. The highest BCUT2D eigenvalue weighted by atomic mass is 16.5. The van der Waals surface area contributed by atoms with Crippen molar-refractivity contribution in [3.8, 4) is 17.2 Å². The maximum Gasteiger partial charge on any atom is 0.126 e. The lowest BCUT2D eigenvalue weighted by molar-refractivity contribution is 0.315. The summed E-state index contributed by atoms with van der Waals surface area (Å²) in [5, 5.41) is 0. The molecule has 0 amide bonds. The van der Waals surface area contributed by atoms with Crippen molar-refractivity contribution in [3.05, 3.63) is 48.0 Å². The molecule has 0 bridgehead atoms. The summed E-state index contributed by atoms with van der Waals surface area (Å²) in [6.45, 7) is 0.546. The molecule has 2 rings (SSSR count). The van der Waals surface area contributed by atoms with Crippen LogP contribution in [-0.2, 0) is 6.42 Å². The van der Waals surface area contributed by atoms with Gasteiger partial charge in [0.1, 0.15) is 17.2 Å². The molecule has 0 aromatic heterocycles. The molecule has 0 aliphatic heterocycles. The fourth-order valence-corrected chi connectivity index (χ4v) is 1.91. The molecule has 2 aromatic carbocycles. The summed E-state index contributed by atoms with van der Waals surface area (Å²) in [7, 11) is 3.23. The normalized spacial score (nSPS) is 10.1. The van der Waals surface area contributed by atoms with Crippen LogP contribution in [0.5, 0.6) is 17.2 Å². The molecule has 0 atom stereocenters. The SMILES string of the molecule is COc1cc(OC)cc(OCCc2ccccc2N)c1. The van der Waals surface area contributed by atoms with E-state index in [1.54, 1.807) is 14.2 Å². The van der Waals surface area contributed by atoms with Crippen LogP contribution in [0.4, 0.5) is 5.69 Å². The van der Waals surface area contributed by atoms with E-state index >= 15 is 0 Å². The highest BCUT2D eigenvalue weighted by Crippen LogP contribution is 2.27. The average Bonchev–Trinajstić information content (AvgIpc) is 2.48. The molecular weight excluding hydrogens is 254 g/mol. The van der Waals surface area contributed by atoms with Gasteiger partial charge in [0, 0.05) is 30.3 Å². The van der Waals surface area contributed by atoms with Crippen LogP contribution in [-0.4, -0.2) is 20.8 Å². The number of hydrogen-bond acceptors (Lipinski definition) is 4. The van der Waals surface area contributed by atoms with E-state index in [2.05, 4.69) is 0 Å². The van der Waals surface area contributed by atoms with Gasteiger partial charge in [-0.1, -0.05) is 18.2 Å². The summed E-state index contributed by atoms with van der Waals surface area (Å²) in [5.74, 6) is 2.13. The van der Waals surface area contributed by atoms with Crippen molar-refractivity contribution in [1.82, 2.24) is 0 Å². The van der Waals surface area contributed by atoms with Crippen molar-refractivity contribution >= 4 is 5.69 Å². The Bertz CT molecular complexity index is 547. The van der Waals surface area contributed by atoms with Gasteiger partial charge < -0.3 is 19.9 Å². The molecule has 0 aliphatic rings. The van der Waals surface area contributed by atoms with E-state index < -0.39 is 0 Å². The van der Waals surface area contributed by atoms with Gasteiger partial charge in [0.25, 0.3) is 0 Å². The summed E-state index contributed by atoms with van der Waals surface area (Å²) >= 11 is 0. The molecule has 0 saturated heterocycles. The third-order valence-electron chi connectivity index (χ3n) is 3.02. The second-order valence-corrected chi connectivity index (χ2v) is 4.35. The minimum atomic E-state index is 0.546. The number of benzene rings is 2. The van der Waals surface area contributed by atoms with E-state index in [1.807, 2.05) is 42.5 Å². The zero-order chi connectivity index (χ0) is 14.4. The van der Waals surface area contributed by atoms with Gasteiger partial charge in [-0.15, -0.1) is 0 Å². The first kappa shape index (κ1) is 14.1. The lowest BCUT2D eigenvalue weighted by Crippen LogP contribution is -2.04. The second-order valence-electron chi connectivity index (χ2n) is 4.35. The fraction of sp³-hybridized carbons (Fsp3) is 0.250. The van der Waals surface area contributed by atoms with Gasteiger partial charge in [0.05, 0.1) is 20.8 Å². The molecule has 0 unspecified atom stereocenters. The number of methoxy groups -OCH3 is 2. The van der Waals surface area contributed by atoms with Crippen LogP contribution in [0.25, 0.3) is 0 Å². The van der Waals surface area contributed by atoms with Crippen LogP contribution in [0.1, 0.15) is 5.56 Å². The summed E-state index contributed by atoms with van der Waals surface area (Å²) in [6, 6.07) is 13.3.